The van der Waals surface area contributed by atoms with E-state index >= 15 is 0 Å². The van der Waals surface area contributed by atoms with Crippen LogP contribution in [0.2, 0.25) is 0 Å². The molecule has 0 aliphatic carbocycles. The van der Waals surface area contributed by atoms with Gasteiger partial charge in [0.2, 0.25) is 11.8 Å². The number of rotatable bonds is 4. The maximum absolute atomic E-state index is 11.9. The highest BCUT2D eigenvalue weighted by molar-refractivity contribution is 5.96. The number of carbonyl (C=O) groups excluding carboxylic acids is 2. The molecule has 0 spiro atoms. The molecule has 0 saturated carbocycles. The van der Waals surface area contributed by atoms with Gasteiger partial charge in [-0.2, -0.15) is 0 Å². The van der Waals surface area contributed by atoms with E-state index in [0.717, 1.165) is 42.0 Å². The van der Waals surface area contributed by atoms with E-state index in [0.29, 0.717) is 19.4 Å². The smallest absolute Gasteiger partial charge is 0.227 e. The van der Waals surface area contributed by atoms with Crippen LogP contribution in [0.3, 0.4) is 0 Å². The largest absolute Gasteiger partial charge is 0.487 e. The molecule has 0 bridgehead atoms. The number of pyridine rings is 1. The summed E-state index contributed by atoms with van der Waals surface area (Å²) in [7, 11) is 1.82. The third kappa shape index (κ3) is 3.59. The van der Waals surface area contributed by atoms with Gasteiger partial charge in [-0.25, -0.2) is 0 Å². The van der Waals surface area contributed by atoms with Gasteiger partial charge in [0.25, 0.3) is 0 Å². The fourth-order valence-corrected chi connectivity index (χ4v) is 3.94. The number of aromatic nitrogens is 1. The Balaban J connectivity index is 1.50. The molecule has 146 valence electrons. The number of hydrogen-bond acceptors (Lipinski definition) is 4. The van der Waals surface area contributed by atoms with Crippen LogP contribution in [0.4, 0.5) is 5.69 Å². The lowest BCUT2D eigenvalue weighted by Crippen LogP contribution is -2.30. The zero-order chi connectivity index (χ0) is 19.7. The lowest BCUT2D eigenvalue weighted by Gasteiger charge is -2.26. The highest BCUT2D eigenvalue weighted by atomic mass is 16.5. The van der Waals surface area contributed by atoms with Crippen molar-refractivity contribution in [3.63, 3.8) is 0 Å². The van der Waals surface area contributed by atoms with E-state index in [4.69, 9.17) is 4.74 Å². The number of aryl methyl sites for hydroxylation is 1. The van der Waals surface area contributed by atoms with Crippen LogP contribution in [0.25, 0.3) is 11.1 Å². The van der Waals surface area contributed by atoms with Crippen LogP contribution in [0, 0.1) is 0 Å². The normalized spacial score (nSPS) is 18.9. The first-order valence-electron chi connectivity index (χ1n) is 9.84. The van der Waals surface area contributed by atoms with Crippen molar-refractivity contribution in [1.29, 1.82) is 0 Å². The molecule has 28 heavy (non-hydrogen) atoms. The fraction of sp³-hybridized carbons (Fsp3) is 0.409. The Morgan fingerprint density at radius 3 is 2.89 bits per heavy atom. The van der Waals surface area contributed by atoms with Crippen molar-refractivity contribution in [2.75, 3.05) is 25.0 Å². The Labute approximate surface area is 165 Å². The Morgan fingerprint density at radius 2 is 2.07 bits per heavy atom. The van der Waals surface area contributed by atoms with Crippen LogP contribution in [0.15, 0.2) is 36.7 Å². The fourth-order valence-electron chi connectivity index (χ4n) is 3.94. The molecule has 3 heterocycles. The zero-order valence-electron chi connectivity index (χ0n) is 16.4. The van der Waals surface area contributed by atoms with E-state index in [9.17, 15) is 9.59 Å². The number of anilines is 1. The molecule has 2 aromatic rings. The first-order valence-corrected chi connectivity index (χ1v) is 9.84. The second kappa shape index (κ2) is 7.62. The summed E-state index contributed by atoms with van der Waals surface area (Å²) in [4.78, 5) is 31.7. The van der Waals surface area contributed by atoms with Crippen molar-refractivity contribution < 1.29 is 14.3 Å². The van der Waals surface area contributed by atoms with Crippen molar-refractivity contribution in [2.45, 2.75) is 38.7 Å². The summed E-state index contributed by atoms with van der Waals surface area (Å²) in [6.07, 6.45) is 6.24. The molecule has 2 aliphatic rings. The number of benzene rings is 1. The van der Waals surface area contributed by atoms with Crippen LogP contribution < -0.4 is 9.64 Å². The third-order valence-electron chi connectivity index (χ3n) is 5.57. The van der Waals surface area contributed by atoms with Crippen molar-refractivity contribution in [3.05, 3.63) is 42.2 Å². The van der Waals surface area contributed by atoms with Gasteiger partial charge in [-0.05, 0) is 35.7 Å². The SMILES string of the molecule is CCC(=O)N1CC[C@H](Oc2cncc(-c3ccc4c(c3)CCC(=O)N4C)c2)C1. The van der Waals surface area contributed by atoms with Crippen molar-refractivity contribution in [3.8, 4) is 16.9 Å². The van der Waals surface area contributed by atoms with E-state index in [2.05, 4.69) is 11.1 Å². The molecule has 1 saturated heterocycles. The van der Waals surface area contributed by atoms with E-state index in [-0.39, 0.29) is 17.9 Å². The van der Waals surface area contributed by atoms with Gasteiger partial charge in [-0.3, -0.25) is 14.6 Å². The molecule has 0 unspecified atom stereocenters. The molecular formula is C22H25N3O3. The zero-order valence-corrected chi connectivity index (χ0v) is 16.4. The van der Waals surface area contributed by atoms with Crippen molar-refractivity contribution in [1.82, 2.24) is 9.88 Å². The van der Waals surface area contributed by atoms with Gasteiger partial charge < -0.3 is 14.5 Å². The van der Waals surface area contributed by atoms with Gasteiger partial charge in [0.1, 0.15) is 11.9 Å². The van der Waals surface area contributed by atoms with E-state index in [1.165, 1.54) is 5.56 Å². The summed E-state index contributed by atoms with van der Waals surface area (Å²) in [6, 6.07) is 8.15. The standard InChI is InChI=1S/C22H25N3O3/c1-3-21(26)25-9-8-18(14-25)28-19-11-17(12-23-13-19)15-4-6-20-16(10-15)5-7-22(27)24(20)2/h4,6,10-13,18H,3,5,7-9,14H2,1-2H3/t18-/m0/s1. The number of ether oxygens (including phenoxy) is 1. The number of hydrogen-bond donors (Lipinski definition) is 0. The predicted molar refractivity (Wildman–Crippen MR) is 107 cm³/mol. The predicted octanol–water partition coefficient (Wildman–Crippen LogP) is 3.05. The van der Waals surface area contributed by atoms with Gasteiger partial charge in [-0.1, -0.05) is 13.0 Å². The van der Waals surface area contributed by atoms with E-state index in [1.54, 1.807) is 11.1 Å². The van der Waals surface area contributed by atoms with Gasteiger partial charge in [-0.15, -0.1) is 0 Å². The molecule has 1 fully saturated rings. The van der Waals surface area contributed by atoms with Crippen LogP contribution in [-0.4, -0.2) is 47.9 Å². The van der Waals surface area contributed by atoms with Gasteiger partial charge in [0.15, 0.2) is 0 Å². The molecule has 1 atom stereocenters. The number of carbonyl (C=O) groups is 2. The average molecular weight is 379 g/mol. The molecule has 4 rings (SSSR count). The summed E-state index contributed by atoms with van der Waals surface area (Å²) < 4.78 is 6.10. The first kappa shape index (κ1) is 18.5. The number of amides is 2. The number of nitrogens with zero attached hydrogens (tertiary/aromatic N) is 3. The summed E-state index contributed by atoms with van der Waals surface area (Å²) in [6.45, 7) is 3.27. The highest BCUT2D eigenvalue weighted by Crippen LogP contribution is 2.32. The lowest BCUT2D eigenvalue weighted by molar-refractivity contribution is -0.130. The molecule has 6 nitrogen and oxygen atoms in total. The van der Waals surface area contributed by atoms with Gasteiger partial charge in [0.05, 0.1) is 12.7 Å². The maximum Gasteiger partial charge on any atom is 0.227 e. The molecule has 2 aliphatic heterocycles. The van der Waals surface area contributed by atoms with E-state index in [1.807, 2.05) is 43.3 Å². The van der Waals surface area contributed by atoms with Gasteiger partial charge >= 0.3 is 0 Å². The van der Waals surface area contributed by atoms with Crippen molar-refractivity contribution >= 4 is 17.5 Å². The maximum atomic E-state index is 11.9. The molecule has 0 radical (unpaired) electrons. The molecule has 1 aromatic carbocycles. The van der Waals surface area contributed by atoms with Crippen LogP contribution in [0.1, 0.15) is 31.7 Å². The second-order valence-electron chi connectivity index (χ2n) is 7.43. The summed E-state index contributed by atoms with van der Waals surface area (Å²) >= 11 is 0. The Bertz CT molecular complexity index is 912. The minimum Gasteiger partial charge on any atom is -0.487 e. The first-order chi connectivity index (χ1) is 13.5. The summed E-state index contributed by atoms with van der Waals surface area (Å²) in [5, 5.41) is 0. The molecule has 6 heteroatoms. The lowest BCUT2D eigenvalue weighted by atomic mass is 9.97. The molecule has 2 amide bonds. The van der Waals surface area contributed by atoms with Crippen LogP contribution in [0.5, 0.6) is 5.75 Å². The van der Waals surface area contributed by atoms with Crippen LogP contribution in [-0.2, 0) is 16.0 Å². The van der Waals surface area contributed by atoms with Crippen LogP contribution >= 0.6 is 0 Å². The second-order valence-corrected chi connectivity index (χ2v) is 7.43. The monoisotopic (exact) mass is 379 g/mol. The Morgan fingerprint density at radius 1 is 1.21 bits per heavy atom. The van der Waals surface area contributed by atoms with Gasteiger partial charge in [0, 0.05) is 50.3 Å². The minimum absolute atomic E-state index is 0.00995. The number of fused-ring (bicyclic) bond motifs is 1. The summed E-state index contributed by atoms with van der Waals surface area (Å²) in [5.74, 6) is 1.05. The summed E-state index contributed by atoms with van der Waals surface area (Å²) in [5.41, 5.74) is 4.20. The third-order valence-corrected chi connectivity index (χ3v) is 5.57. The van der Waals surface area contributed by atoms with E-state index < -0.39 is 0 Å². The Hall–Kier alpha value is -2.89. The quantitative estimate of drug-likeness (QED) is 0.819. The average Bonchev–Trinajstić information content (AvgIpc) is 3.18. The number of likely N-dealkylation sites (tertiary alicyclic amines) is 1. The molecule has 0 N–H and O–H groups in total. The molecular weight excluding hydrogens is 354 g/mol. The highest BCUT2D eigenvalue weighted by Gasteiger charge is 2.27. The minimum atomic E-state index is 0.00995. The molecule has 1 aromatic heterocycles. The van der Waals surface area contributed by atoms with Crippen molar-refractivity contribution in [2.24, 2.45) is 0 Å². The Kier molecular flexibility index (Phi) is 5.03. The topological polar surface area (TPSA) is 62.7 Å².